The van der Waals surface area contributed by atoms with Crippen LogP contribution in [0.2, 0.25) is 0 Å². The molecule has 152 valence electrons. The molecule has 0 spiro atoms. The Balaban J connectivity index is 0.00000210. The average Bonchev–Trinajstić information content (AvgIpc) is 3.05. The third kappa shape index (κ3) is 3.82. The van der Waals surface area contributed by atoms with Crippen molar-refractivity contribution < 1.29 is 11.0 Å². The number of ether oxygens (including phenoxy) is 1. The van der Waals surface area contributed by atoms with E-state index in [2.05, 4.69) is 15.6 Å². The first-order chi connectivity index (χ1) is 12.8. The number of carbonyl (C=O) groups excluding carboxylic acids is 1. The minimum atomic E-state index is -0.601. The lowest BCUT2D eigenvalue weighted by Crippen LogP contribution is -2.40. The number of benzene rings is 1. The summed E-state index contributed by atoms with van der Waals surface area (Å²) in [4.78, 5) is 40.5. The maximum Gasteiger partial charge on any atom is 0.332 e. The maximum absolute atomic E-state index is 12.2. The fourth-order valence-corrected chi connectivity index (χ4v) is 3.35. The molecule has 28 heavy (non-hydrogen) atoms. The molecule has 7 N–H and O–H groups in total. The van der Waals surface area contributed by atoms with Gasteiger partial charge in [-0.25, -0.2) is 9.78 Å². The number of hydrogen-bond acceptors (Lipinski definition) is 9. The Morgan fingerprint density at radius 1 is 1.32 bits per heavy atom. The molecule has 3 rings (SSSR count). The third-order valence-corrected chi connectivity index (χ3v) is 4.91. The molecule has 0 saturated heterocycles. The lowest BCUT2D eigenvalue weighted by atomic mass is 10.3. The maximum atomic E-state index is 12.2. The van der Waals surface area contributed by atoms with Crippen LogP contribution in [0.5, 0.6) is 5.75 Å². The van der Waals surface area contributed by atoms with Gasteiger partial charge in [-0.05, 0) is 18.2 Å². The summed E-state index contributed by atoms with van der Waals surface area (Å²) in [7, 11) is 4.36. The molecule has 0 aliphatic carbocycles. The van der Waals surface area contributed by atoms with E-state index in [1.807, 2.05) is 6.07 Å². The van der Waals surface area contributed by atoms with Crippen LogP contribution in [0.1, 0.15) is 1.43 Å². The van der Waals surface area contributed by atoms with Gasteiger partial charge in [-0.3, -0.25) is 18.7 Å². The zero-order chi connectivity index (χ0) is 19.7. The predicted octanol–water partition coefficient (Wildman–Crippen LogP) is 0.743. The molecule has 0 atom stereocenters. The third-order valence-electron chi connectivity index (χ3n) is 3.98. The second kappa shape index (κ2) is 8.10. The molecule has 3 aromatic rings. The summed E-state index contributed by atoms with van der Waals surface area (Å²) >= 11 is 1.30. The molecule has 0 unspecified atom stereocenters. The van der Waals surface area contributed by atoms with Crippen LogP contribution in [0.4, 0.5) is 16.6 Å². The van der Waals surface area contributed by atoms with Gasteiger partial charge in [0.1, 0.15) is 17.3 Å². The first kappa shape index (κ1) is 20.9. The van der Waals surface area contributed by atoms with Crippen molar-refractivity contribution in [2.24, 2.45) is 14.1 Å². The Labute approximate surface area is 164 Å². The number of thiazole rings is 1. The highest BCUT2D eigenvalue weighted by Gasteiger charge is 2.15. The number of amides is 1. The molecule has 0 bridgehead atoms. The van der Waals surface area contributed by atoms with Gasteiger partial charge in [0.15, 0.2) is 5.13 Å². The Bertz CT molecular complexity index is 1150. The van der Waals surface area contributed by atoms with Crippen molar-refractivity contribution in [1.82, 2.24) is 20.3 Å². The van der Waals surface area contributed by atoms with Crippen molar-refractivity contribution in [1.29, 1.82) is 0 Å². The van der Waals surface area contributed by atoms with Gasteiger partial charge in [-0.1, -0.05) is 11.3 Å². The van der Waals surface area contributed by atoms with Gasteiger partial charge in [0.05, 0.1) is 23.9 Å². The highest BCUT2D eigenvalue weighted by molar-refractivity contribution is 7.22. The van der Waals surface area contributed by atoms with Gasteiger partial charge in [0, 0.05) is 15.5 Å². The zero-order valence-electron chi connectivity index (χ0n) is 15.6. The number of hydrogen-bond donors (Lipinski definition) is 4. The van der Waals surface area contributed by atoms with Crippen LogP contribution in [-0.2, 0) is 18.9 Å². The zero-order valence-corrected chi connectivity index (χ0v) is 16.4. The first-order valence-corrected chi connectivity index (χ1v) is 8.67. The minimum Gasteiger partial charge on any atom is -0.497 e. The van der Waals surface area contributed by atoms with Crippen LogP contribution in [0.25, 0.3) is 10.2 Å². The van der Waals surface area contributed by atoms with E-state index in [1.165, 1.54) is 25.4 Å². The molecular weight excluding hydrogens is 386 g/mol. The summed E-state index contributed by atoms with van der Waals surface area (Å²) < 4.78 is 8.08. The highest BCUT2D eigenvalue weighted by Crippen LogP contribution is 2.29. The normalized spacial score (nSPS) is 10.4. The van der Waals surface area contributed by atoms with E-state index in [1.54, 1.807) is 19.2 Å². The molecule has 2 aromatic heterocycles. The number of nitrogens with one attached hydrogen (secondary N) is 2. The predicted molar refractivity (Wildman–Crippen MR) is 112 cm³/mol. The van der Waals surface area contributed by atoms with Crippen molar-refractivity contribution in [2.45, 2.75) is 0 Å². The van der Waals surface area contributed by atoms with Gasteiger partial charge in [0.2, 0.25) is 5.91 Å². The molecule has 1 aromatic carbocycles. The SMILES string of the molecule is COc1ccc2nc(NC(=O)CNc3c(N)n(C)c(=O)n(C)c3=O)sc2c1.N.[HH]. The molecule has 12 heteroatoms. The number of methoxy groups -OCH3 is 1. The lowest BCUT2D eigenvalue weighted by molar-refractivity contribution is -0.114. The van der Waals surface area contributed by atoms with Crippen LogP contribution in [0.15, 0.2) is 27.8 Å². The minimum absolute atomic E-state index is 0. The van der Waals surface area contributed by atoms with Crippen molar-refractivity contribution in [3.63, 3.8) is 0 Å². The molecule has 0 fully saturated rings. The second-order valence-electron chi connectivity index (χ2n) is 5.72. The standard InChI is InChI=1S/C16H18N6O4S.H3N.H2/c1-21-13(17)12(14(24)22(2)16(21)25)18-7-11(23)20-15-19-9-5-4-8(26-3)6-10(9)27-15;;/h4-6,18H,7,17H2,1-3H3,(H,19,20,23);1H3;1H. The second-order valence-corrected chi connectivity index (χ2v) is 6.75. The van der Waals surface area contributed by atoms with Crippen LogP contribution < -0.4 is 38.5 Å². The topological polar surface area (TPSA) is 168 Å². The van der Waals surface area contributed by atoms with E-state index < -0.39 is 17.2 Å². The number of nitrogen functional groups attached to an aromatic ring is 1. The van der Waals surface area contributed by atoms with Crippen molar-refractivity contribution in [3.8, 4) is 5.75 Å². The first-order valence-electron chi connectivity index (χ1n) is 7.85. The molecule has 1 amide bonds. The summed E-state index contributed by atoms with van der Waals surface area (Å²) in [6.07, 6.45) is 0. The molecular formula is C16H23N7O4S. The van der Waals surface area contributed by atoms with Crippen LogP contribution >= 0.6 is 11.3 Å². The van der Waals surface area contributed by atoms with E-state index in [4.69, 9.17) is 10.5 Å². The summed E-state index contributed by atoms with van der Waals surface area (Å²) in [6.45, 7) is -0.211. The summed E-state index contributed by atoms with van der Waals surface area (Å²) in [6, 6.07) is 5.41. The Morgan fingerprint density at radius 2 is 2.04 bits per heavy atom. The fraction of sp³-hybridized carbons (Fsp3) is 0.250. The number of fused-ring (bicyclic) bond motifs is 1. The summed E-state index contributed by atoms with van der Waals surface area (Å²) in [5.41, 5.74) is 5.38. The van der Waals surface area contributed by atoms with Crippen LogP contribution in [0, 0.1) is 0 Å². The van der Waals surface area contributed by atoms with E-state index in [0.717, 1.165) is 19.4 Å². The number of carbonyl (C=O) groups is 1. The Morgan fingerprint density at radius 3 is 2.71 bits per heavy atom. The number of nitrogens with zero attached hydrogens (tertiary/aromatic N) is 3. The monoisotopic (exact) mass is 409 g/mol. The van der Waals surface area contributed by atoms with E-state index in [0.29, 0.717) is 10.9 Å². The van der Waals surface area contributed by atoms with Crippen LogP contribution in [-0.4, -0.2) is 33.7 Å². The van der Waals surface area contributed by atoms with Crippen LogP contribution in [0.3, 0.4) is 0 Å². The number of anilines is 3. The van der Waals surface area contributed by atoms with Crippen molar-refractivity contribution in [3.05, 3.63) is 39.0 Å². The Hall–Kier alpha value is -3.38. The molecule has 2 heterocycles. The van der Waals surface area contributed by atoms with E-state index in [-0.39, 0.29) is 25.6 Å². The molecule has 0 aliphatic rings. The van der Waals surface area contributed by atoms with E-state index in [9.17, 15) is 14.4 Å². The summed E-state index contributed by atoms with van der Waals surface area (Å²) in [5.74, 6) is 0.256. The highest BCUT2D eigenvalue weighted by atomic mass is 32.1. The smallest absolute Gasteiger partial charge is 0.332 e. The largest absolute Gasteiger partial charge is 0.497 e. The van der Waals surface area contributed by atoms with Gasteiger partial charge in [0.25, 0.3) is 5.56 Å². The van der Waals surface area contributed by atoms with Crippen molar-refractivity contribution >= 4 is 44.1 Å². The molecule has 11 nitrogen and oxygen atoms in total. The molecule has 0 aliphatic heterocycles. The van der Waals surface area contributed by atoms with Gasteiger partial charge in [-0.2, -0.15) is 0 Å². The molecule has 0 saturated carbocycles. The average molecular weight is 409 g/mol. The van der Waals surface area contributed by atoms with Gasteiger partial charge >= 0.3 is 5.69 Å². The number of aromatic nitrogens is 3. The molecule has 0 radical (unpaired) electrons. The van der Waals surface area contributed by atoms with E-state index >= 15 is 0 Å². The van der Waals surface area contributed by atoms with Gasteiger partial charge in [-0.15, -0.1) is 0 Å². The quantitative estimate of drug-likeness (QED) is 0.478. The fourth-order valence-electron chi connectivity index (χ4n) is 2.44. The lowest BCUT2D eigenvalue weighted by Gasteiger charge is -2.12. The summed E-state index contributed by atoms with van der Waals surface area (Å²) in [5, 5.41) is 5.78. The number of nitrogens with two attached hydrogens (primary N) is 1. The number of rotatable bonds is 5. The van der Waals surface area contributed by atoms with Gasteiger partial charge < -0.3 is 27.3 Å². The van der Waals surface area contributed by atoms with Crippen molar-refractivity contribution in [2.75, 3.05) is 30.0 Å². The Kier molecular flexibility index (Phi) is 6.06.